The maximum Gasteiger partial charge on any atom is 0.120 e. The maximum absolute atomic E-state index is 5.96. The molecule has 2 heterocycles. The predicted molar refractivity (Wildman–Crippen MR) is 92.6 cm³/mol. The van der Waals surface area contributed by atoms with E-state index in [2.05, 4.69) is 64.6 Å². The summed E-state index contributed by atoms with van der Waals surface area (Å²) in [6.45, 7) is 7.91. The number of aryl methyl sites for hydroxylation is 1. The lowest BCUT2D eigenvalue weighted by molar-refractivity contribution is 0.283. The Balaban J connectivity index is 1.88. The highest BCUT2D eigenvalue weighted by Gasteiger charge is 2.10. The zero-order chi connectivity index (χ0) is 15.2. The Bertz CT molecular complexity index is 564. The Morgan fingerprint density at radius 1 is 1.33 bits per heavy atom. The summed E-state index contributed by atoms with van der Waals surface area (Å²) in [4.78, 5) is 2.27. The lowest BCUT2D eigenvalue weighted by atomic mass is 10.2. The first-order valence-electron chi connectivity index (χ1n) is 7.28. The lowest BCUT2D eigenvalue weighted by Crippen LogP contribution is -2.16. The third-order valence-electron chi connectivity index (χ3n) is 3.28. The molecule has 3 nitrogen and oxygen atoms in total. The van der Waals surface area contributed by atoms with Gasteiger partial charge < -0.3 is 9.73 Å². The summed E-state index contributed by atoms with van der Waals surface area (Å²) in [7, 11) is 2.12. The highest BCUT2D eigenvalue weighted by atomic mass is 79.9. The van der Waals surface area contributed by atoms with Crippen molar-refractivity contribution in [3.05, 3.63) is 43.9 Å². The number of hydrogen-bond donors (Lipinski definition) is 1. The van der Waals surface area contributed by atoms with E-state index in [0.29, 0.717) is 0 Å². The number of rotatable bonds is 8. The van der Waals surface area contributed by atoms with Crippen molar-refractivity contribution in [1.29, 1.82) is 0 Å². The number of nitrogens with zero attached hydrogens (tertiary/aromatic N) is 1. The second-order valence-corrected chi connectivity index (χ2v) is 7.72. The summed E-state index contributed by atoms with van der Waals surface area (Å²) in [6.07, 6.45) is 1.14. The van der Waals surface area contributed by atoms with Crippen molar-refractivity contribution in [2.75, 3.05) is 13.6 Å². The second kappa shape index (κ2) is 8.13. The van der Waals surface area contributed by atoms with Crippen LogP contribution in [0, 0.1) is 6.92 Å². The van der Waals surface area contributed by atoms with Crippen LogP contribution in [0.4, 0.5) is 0 Å². The van der Waals surface area contributed by atoms with E-state index >= 15 is 0 Å². The maximum atomic E-state index is 5.96. The Kier molecular flexibility index (Phi) is 6.48. The predicted octanol–water partition coefficient (Wildman–Crippen LogP) is 4.54. The van der Waals surface area contributed by atoms with Crippen molar-refractivity contribution in [1.82, 2.24) is 10.2 Å². The van der Waals surface area contributed by atoms with Gasteiger partial charge in [-0.2, -0.15) is 0 Å². The average Bonchev–Trinajstić information content (AvgIpc) is 2.96. The summed E-state index contributed by atoms with van der Waals surface area (Å²) >= 11 is 5.23. The molecule has 0 saturated heterocycles. The fraction of sp³-hybridized carbons (Fsp3) is 0.500. The van der Waals surface area contributed by atoms with E-state index in [9.17, 15) is 0 Å². The van der Waals surface area contributed by atoms with Crippen LogP contribution < -0.4 is 5.32 Å². The van der Waals surface area contributed by atoms with Crippen molar-refractivity contribution in [2.45, 2.75) is 39.9 Å². The molecule has 2 rings (SSSR count). The number of furan rings is 1. The molecule has 0 aliphatic heterocycles. The van der Waals surface area contributed by atoms with Crippen molar-refractivity contribution in [3.8, 4) is 0 Å². The summed E-state index contributed by atoms with van der Waals surface area (Å²) in [5.74, 6) is 2.10. The third kappa shape index (κ3) is 5.25. The minimum atomic E-state index is 0.820. The van der Waals surface area contributed by atoms with Gasteiger partial charge in [0.05, 0.1) is 16.9 Å². The van der Waals surface area contributed by atoms with Gasteiger partial charge in [-0.3, -0.25) is 4.90 Å². The first-order valence-corrected chi connectivity index (χ1v) is 8.96. The zero-order valence-electron chi connectivity index (χ0n) is 12.9. The van der Waals surface area contributed by atoms with E-state index in [1.165, 1.54) is 14.9 Å². The molecule has 0 aliphatic carbocycles. The number of thiophene rings is 1. The molecule has 2 aromatic heterocycles. The Hall–Kier alpha value is -0.620. The van der Waals surface area contributed by atoms with Crippen LogP contribution in [-0.4, -0.2) is 18.5 Å². The van der Waals surface area contributed by atoms with Crippen molar-refractivity contribution < 1.29 is 4.42 Å². The molecule has 0 atom stereocenters. The van der Waals surface area contributed by atoms with Gasteiger partial charge in [0, 0.05) is 6.54 Å². The largest absolute Gasteiger partial charge is 0.463 e. The van der Waals surface area contributed by atoms with Gasteiger partial charge in [-0.25, -0.2) is 0 Å². The molecule has 1 N–H and O–H groups in total. The molecule has 21 heavy (non-hydrogen) atoms. The fourth-order valence-corrected chi connectivity index (χ4v) is 3.48. The van der Waals surface area contributed by atoms with Crippen molar-refractivity contribution in [2.24, 2.45) is 0 Å². The molecule has 0 aromatic carbocycles. The van der Waals surface area contributed by atoms with E-state index in [4.69, 9.17) is 4.42 Å². The van der Waals surface area contributed by atoms with E-state index in [-0.39, 0.29) is 0 Å². The molecule has 0 saturated carbocycles. The molecular formula is C16H23BrN2OS. The summed E-state index contributed by atoms with van der Waals surface area (Å²) < 4.78 is 7.15. The fourth-order valence-electron chi connectivity index (χ4n) is 2.28. The number of nitrogens with one attached hydrogen (secondary N) is 1. The van der Waals surface area contributed by atoms with Crippen LogP contribution in [-0.2, 0) is 19.6 Å². The van der Waals surface area contributed by atoms with Crippen molar-refractivity contribution in [3.63, 3.8) is 0 Å². The summed E-state index contributed by atoms with van der Waals surface area (Å²) in [5, 5.41) is 5.58. The molecule has 0 aliphatic rings. The first-order chi connectivity index (χ1) is 10.1. The SMILES string of the molecule is CCCNCc1oc(CN(C)Cc2csc(Br)c2)cc1C. The van der Waals surface area contributed by atoms with Crippen LogP contribution in [0.25, 0.3) is 0 Å². The van der Waals surface area contributed by atoms with Gasteiger partial charge in [-0.05, 0) is 71.5 Å². The normalized spacial score (nSPS) is 11.5. The van der Waals surface area contributed by atoms with Gasteiger partial charge in [0.1, 0.15) is 11.5 Å². The van der Waals surface area contributed by atoms with E-state index < -0.39 is 0 Å². The number of hydrogen-bond acceptors (Lipinski definition) is 4. The van der Waals surface area contributed by atoms with E-state index in [1.807, 2.05) is 0 Å². The van der Waals surface area contributed by atoms with Gasteiger partial charge >= 0.3 is 0 Å². The highest BCUT2D eigenvalue weighted by Crippen LogP contribution is 2.22. The number of halogens is 1. The van der Waals surface area contributed by atoms with Crippen LogP contribution in [0.1, 0.15) is 36.0 Å². The van der Waals surface area contributed by atoms with Crippen molar-refractivity contribution >= 4 is 27.3 Å². The molecule has 5 heteroatoms. The Labute approximate surface area is 139 Å². The Morgan fingerprint density at radius 3 is 2.81 bits per heavy atom. The summed E-state index contributed by atoms with van der Waals surface area (Å²) in [5.41, 5.74) is 2.57. The quantitative estimate of drug-likeness (QED) is 0.691. The third-order valence-corrected chi connectivity index (χ3v) is 4.84. The molecule has 0 spiro atoms. The average molecular weight is 371 g/mol. The molecule has 0 fully saturated rings. The van der Waals surface area contributed by atoms with Crippen LogP contribution in [0.5, 0.6) is 0 Å². The monoisotopic (exact) mass is 370 g/mol. The lowest BCUT2D eigenvalue weighted by Gasteiger charge is -2.13. The second-order valence-electron chi connectivity index (χ2n) is 5.43. The molecule has 0 bridgehead atoms. The van der Waals surface area contributed by atoms with Gasteiger partial charge in [0.2, 0.25) is 0 Å². The first kappa shape index (κ1) is 16.7. The van der Waals surface area contributed by atoms with Gasteiger partial charge in [-0.1, -0.05) is 6.92 Å². The van der Waals surface area contributed by atoms with Gasteiger partial charge in [0.25, 0.3) is 0 Å². The Morgan fingerprint density at radius 2 is 2.14 bits per heavy atom. The minimum Gasteiger partial charge on any atom is -0.463 e. The topological polar surface area (TPSA) is 28.4 Å². The summed E-state index contributed by atoms with van der Waals surface area (Å²) in [6, 6.07) is 4.33. The van der Waals surface area contributed by atoms with Gasteiger partial charge in [-0.15, -0.1) is 11.3 Å². The molecule has 0 amide bonds. The van der Waals surface area contributed by atoms with Crippen LogP contribution in [0.2, 0.25) is 0 Å². The standard InChI is InChI=1S/C16H23BrN2OS/c1-4-5-18-8-15-12(2)6-14(20-15)10-19(3)9-13-7-16(17)21-11-13/h6-7,11,18H,4-5,8-10H2,1-3H3. The zero-order valence-corrected chi connectivity index (χ0v) is 15.3. The van der Waals surface area contributed by atoms with E-state index in [1.54, 1.807) is 11.3 Å². The molecule has 0 radical (unpaired) electrons. The smallest absolute Gasteiger partial charge is 0.120 e. The highest BCUT2D eigenvalue weighted by molar-refractivity contribution is 9.11. The van der Waals surface area contributed by atoms with E-state index in [0.717, 1.165) is 44.1 Å². The van der Waals surface area contributed by atoms with Gasteiger partial charge in [0.15, 0.2) is 0 Å². The van der Waals surface area contributed by atoms with Crippen LogP contribution in [0.3, 0.4) is 0 Å². The van der Waals surface area contributed by atoms with Crippen LogP contribution in [0.15, 0.2) is 25.7 Å². The van der Waals surface area contributed by atoms with Crippen LogP contribution >= 0.6 is 27.3 Å². The molecule has 116 valence electrons. The molecule has 2 aromatic rings. The molecular weight excluding hydrogens is 348 g/mol. The molecule has 0 unspecified atom stereocenters. The minimum absolute atomic E-state index is 0.820.